The molecule has 0 fully saturated rings. The van der Waals surface area contributed by atoms with Crippen LogP contribution in [0.1, 0.15) is 50.8 Å². The van der Waals surface area contributed by atoms with Gasteiger partial charge in [0, 0.05) is 0 Å². The third kappa shape index (κ3) is 4.59. The minimum absolute atomic E-state index is 0.0462. The molecule has 0 aliphatic heterocycles. The lowest BCUT2D eigenvalue weighted by Crippen LogP contribution is -2.37. The van der Waals surface area contributed by atoms with Gasteiger partial charge in [-0.15, -0.1) is 0 Å². The van der Waals surface area contributed by atoms with Gasteiger partial charge in [-0.3, -0.25) is 4.79 Å². The van der Waals surface area contributed by atoms with E-state index in [-0.39, 0.29) is 11.9 Å². The summed E-state index contributed by atoms with van der Waals surface area (Å²) >= 11 is 0. The zero-order valence-corrected chi connectivity index (χ0v) is 14.2. The Morgan fingerprint density at radius 1 is 0.913 bits per heavy atom. The Morgan fingerprint density at radius 2 is 1.52 bits per heavy atom. The first-order chi connectivity index (χ1) is 11.0. The lowest BCUT2D eigenvalue weighted by Gasteiger charge is -2.21. The van der Waals surface area contributed by atoms with Crippen molar-refractivity contribution in [1.29, 1.82) is 0 Å². The molecule has 0 saturated carbocycles. The average molecular weight is 311 g/mol. The van der Waals surface area contributed by atoms with Crippen molar-refractivity contribution in [2.24, 2.45) is 0 Å². The number of benzene rings is 2. The minimum Gasteiger partial charge on any atom is -0.481 e. The van der Waals surface area contributed by atoms with Crippen molar-refractivity contribution in [2.45, 2.75) is 45.8 Å². The summed E-state index contributed by atoms with van der Waals surface area (Å²) in [6.45, 7) is 7.99. The molecule has 2 atom stereocenters. The third-order valence-electron chi connectivity index (χ3n) is 3.87. The molecule has 2 rings (SSSR count). The van der Waals surface area contributed by atoms with Crippen LogP contribution >= 0.6 is 0 Å². The average Bonchev–Trinajstić information content (AvgIpc) is 2.55. The summed E-state index contributed by atoms with van der Waals surface area (Å²) in [5, 5.41) is 3.00. The standard InChI is InChI=1S/C20H25NO2/c1-14(2)18-12-8-9-13-19(18)23-16(4)20(22)21-15(3)17-10-6-5-7-11-17/h5-16H,1-4H3,(H,21,22)/t15-,16+/m1/s1. The van der Waals surface area contributed by atoms with E-state index in [9.17, 15) is 4.79 Å². The quantitative estimate of drug-likeness (QED) is 0.855. The predicted octanol–water partition coefficient (Wildman–Crippen LogP) is 4.45. The van der Waals surface area contributed by atoms with Crippen LogP contribution in [0.3, 0.4) is 0 Å². The van der Waals surface area contributed by atoms with E-state index >= 15 is 0 Å². The molecule has 2 aromatic carbocycles. The van der Waals surface area contributed by atoms with Gasteiger partial charge in [0.2, 0.25) is 0 Å². The molecule has 122 valence electrons. The van der Waals surface area contributed by atoms with Crippen molar-refractivity contribution < 1.29 is 9.53 Å². The molecule has 3 heteroatoms. The van der Waals surface area contributed by atoms with Gasteiger partial charge in [0.1, 0.15) is 5.75 Å². The van der Waals surface area contributed by atoms with Crippen molar-refractivity contribution in [1.82, 2.24) is 5.32 Å². The van der Waals surface area contributed by atoms with Crippen molar-refractivity contribution >= 4 is 5.91 Å². The first-order valence-electron chi connectivity index (χ1n) is 8.10. The van der Waals surface area contributed by atoms with Crippen LogP contribution in [0.25, 0.3) is 0 Å². The van der Waals surface area contributed by atoms with Crippen LogP contribution in [-0.2, 0) is 4.79 Å². The second-order valence-electron chi connectivity index (χ2n) is 6.09. The van der Waals surface area contributed by atoms with Gasteiger partial charge in [-0.2, -0.15) is 0 Å². The molecule has 0 unspecified atom stereocenters. The first kappa shape index (κ1) is 17.1. The molecule has 0 aliphatic rings. The predicted molar refractivity (Wildman–Crippen MR) is 93.6 cm³/mol. The maximum Gasteiger partial charge on any atom is 0.261 e. The van der Waals surface area contributed by atoms with Crippen LogP contribution in [0.5, 0.6) is 5.75 Å². The number of nitrogens with one attached hydrogen (secondary N) is 1. The van der Waals surface area contributed by atoms with Gasteiger partial charge < -0.3 is 10.1 Å². The molecule has 0 bridgehead atoms. The molecule has 0 radical (unpaired) electrons. The maximum absolute atomic E-state index is 12.4. The lowest BCUT2D eigenvalue weighted by molar-refractivity contribution is -0.127. The Hall–Kier alpha value is -2.29. The van der Waals surface area contributed by atoms with Crippen molar-refractivity contribution in [3.63, 3.8) is 0 Å². The molecular formula is C20H25NO2. The lowest BCUT2D eigenvalue weighted by atomic mass is 10.0. The molecule has 2 aromatic rings. The van der Waals surface area contributed by atoms with Crippen LogP contribution in [0.4, 0.5) is 0 Å². The highest BCUT2D eigenvalue weighted by atomic mass is 16.5. The van der Waals surface area contributed by atoms with E-state index in [0.717, 1.165) is 16.9 Å². The smallest absolute Gasteiger partial charge is 0.261 e. The van der Waals surface area contributed by atoms with Crippen molar-refractivity contribution in [3.05, 3.63) is 65.7 Å². The zero-order valence-electron chi connectivity index (χ0n) is 14.2. The SMILES string of the molecule is CC(C)c1ccccc1O[C@@H](C)C(=O)N[C@H](C)c1ccccc1. The Labute approximate surface area is 138 Å². The molecule has 0 aliphatic carbocycles. The maximum atomic E-state index is 12.4. The van der Waals surface area contributed by atoms with E-state index in [4.69, 9.17) is 4.74 Å². The van der Waals surface area contributed by atoms with Crippen LogP contribution in [0.2, 0.25) is 0 Å². The topological polar surface area (TPSA) is 38.3 Å². The van der Waals surface area contributed by atoms with E-state index < -0.39 is 6.10 Å². The van der Waals surface area contributed by atoms with Gasteiger partial charge >= 0.3 is 0 Å². The van der Waals surface area contributed by atoms with Gasteiger partial charge in [-0.25, -0.2) is 0 Å². The Kier molecular flexibility index (Phi) is 5.80. The van der Waals surface area contributed by atoms with Gasteiger partial charge in [-0.05, 0) is 37.0 Å². The molecule has 0 spiro atoms. The largest absolute Gasteiger partial charge is 0.481 e. The first-order valence-corrected chi connectivity index (χ1v) is 8.10. The fourth-order valence-corrected chi connectivity index (χ4v) is 2.46. The molecule has 0 heterocycles. The summed E-state index contributed by atoms with van der Waals surface area (Å²) in [6, 6.07) is 17.7. The van der Waals surface area contributed by atoms with Crippen LogP contribution in [0, 0.1) is 0 Å². The van der Waals surface area contributed by atoms with Gasteiger partial charge in [-0.1, -0.05) is 62.4 Å². The minimum atomic E-state index is -0.541. The zero-order chi connectivity index (χ0) is 16.8. The third-order valence-corrected chi connectivity index (χ3v) is 3.87. The van der Waals surface area contributed by atoms with Crippen LogP contribution < -0.4 is 10.1 Å². The van der Waals surface area contributed by atoms with E-state index in [2.05, 4.69) is 19.2 Å². The normalized spacial score (nSPS) is 13.4. The van der Waals surface area contributed by atoms with E-state index in [1.54, 1.807) is 6.92 Å². The number of amides is 1. The second-order valence-corrected chi connectivity index (χ2v) is 6.09. The molecule has 23 heavy (non-hydrogen) atoms. The van der Waals surface area contributed by atoms with Crippen LogP contribution in [0.15, 0.2) is 54.6 Å². The molecule has 0 saturated heterocycles. The summed E-state index contributed by atoms with van der Waals surface area (Å²) in [4.78, 5) is 12.4. The number of hydrogen-bond acceptors (Lipinski definition) is 2. The number of ether oxygens (including phenoxy) is 1. The van der Waals surface area contributed by atoms with Crippen LogP contribution in [-0.4, -0.2) is 12.0 Å². The summed E-state index contributed by atoms with van der Waals surface area (Å²) in [5.41, 5.74) is 2.19. The molecule has 0 aromatic heterocycles. The number of rotatable bonds is 6. The monoisotopic (exact) mass is 311 g/mol. The van der Waals surface area contributed by atoms with Gasteiger partial charge in [0.05, 0.1) is 6.04 Å². The highest BCUT2D eigenvalue weighted by Crippen LogP contribution is 2.26. The summed E-state index contributed by atoms with van der Waals surface area (Å²) in [7, 11) is 0. The number of hydrogen-bond donors (Lipinski definition) is 1. The number of carbonyl (C=O) groups excluding carboxylic acids is 1. The molecule has 1 amide bonds. The fraction of sp³-hybridized carbons (Fsp3) is 0.350. The number of para-hydroxylation sites is 1. The molecule has 1 N–H and O–H groups in total. The van der Waals surface area contributed by atoms with Crippen molar-refractivity contribution in [3.8, 4) is 5.75 Å². The highest BCUT2D eigenvalue weighted by molar-refractivity contribution is 5.81. The van der Waals surface area contributed by atoms with E-state index in [0.29, 0.717) is 5.92 Å². The summed E-state index contributed by atoms with van der Waals surface area (Å²) in [6.07, 6.45) is -0.541. The Morgan fingerprint density at radius 3 is 2.17 bits per heavy atom. The second kappa shape index (κ2) is 7.82. The Balaban J connectivity index is 2.01. The molecular weight excluding hydrogens is 286 g/mol. The number of carbonyl (C=O) groups is 1. The highest BCUT2D eigenvalue weighted by Gasteiger charge is 2.19. The summed E-state index contributed by atoms with van der Waals surface area (Å²) < 4.78 is 5.89. The Bertz CT molecular complexity index is 637. The van der Waals surface area contributed by atoms with Gasteiger partial charge in [0.25, 0.3) is 5.91 Å². The summed E-state index contributed by atoms with van der Waals surface area (Å²) in [5.74, 6) is 1.02. The van der Waals surface area contributed by atoms with Crippen molar-refractivity contribution in [2.75, 3.05) is 0 Å². The fourth-order valence-electron chi connectivity index (χ4n) is 2.46. The van der Waals surface area contributed by atoms with E-state index in [1.807, 2.05) is 61.5 Å². The molecule has 3 nitrogen and oxygen atoms in total. The van der Waals surface area contributed by atoms with E-state index in [1.165, 1.54) is 0 Å². The van der Waals surface area contributed by atoms with Gasteiger partial charge in [0.15, 0.2) is 6.10 Å².